The number of esters is 1. The number of carboxylic acids is 2. The summed E-state index contributed by atoms with van der Waals surface area (Å²) in [7, 11) is 0. The summed E-state index contributed by atoms with van der Waals surface area (Å²) in [4.78, 5) is 193. The standard InChI is InChI=1S/C62H97N15O17.2C2H4O2/c1-10-33(8)43-57(89)75-44(34(9)79)56(88)68-28-42(80)73-46(49(82)51(64)83)59(91)72-41(29-78)61(93)94-50(36-20-15-12-16-21-36)47(77-55(87)40(25-31(4)5)70-52(84)37(27-63)26-35-18-13-11-14-19-35)60(92)76-45(48(81)32(6)7)58(90)71-39(24-30(2)3)54(86)69-38(53(85)74-43)22-17-23-67-62(65)66;2*1-2(3)4/h11-16,18-21,30-34,37-41,43-50,78-79,81-82H,10,17,22-29,63H2,1-9H3,(H2,64,83)(H,68,88)(H,69,86)(H,70,84)(H,71,90)(H,72,91)(H,73,80)(H,74,85)(H,75,89)(H,76,92)(H,77,87)(H4,65,66,67);2*1H3,(H,3,4)/t33-,34-,37-,38+,39-,40-,41-,43-,44-,45-,46-,47-,48+,49-,50+;;/m0../s1. The summed E-state index contributed by atoms with van der Waals surface area (Å²) in [5, 5.41) is 83.3. The number of carboxylic acid groups (broad SMARTS) is 2. The van der Waals surface area contributed by atoms with Crippen molar-refractivity contribution in [2.75, 3.05) is 26.2 Å². The van der Waals surface area contributed by atoms with Gasteiger partial charge in [0.25, 0.3) is 11.9 Å². The zero-order valence-electron chi connectivity index (χ0n) is 59.3. The third-order valence-corrected chi connectivity index (χ3v) is 15.4. The first-order valence-corrected chi connectivity index (χ1v) is 33.1. The first-order valence-electron chi connectivity index (χ1n) is 33.1. The van der Waals surface area contributed by atoms with Gasteiger partial charge in [0.1, 0.15) is 48.3 Å². The van der Waals surface area contributed by atoms with Crippen LogP contribution in [-0.2, 0) is 78.3 Å². The number of guanidine groups is 1. The molecule has 570 valence electrons. The van der Waals surface area contributed by atoms with Crippen molar-refractivity contribution in [2.45, 2.75) is 193 Å². The molecule has 102 heavy (non-hydrogen) atoms. The lowest BCUT2D eigenvalue weighted by Gasteiger charge is -2.34. The van der Waals surface area contributed by atoms with Crippen LogP contribution in [0, 0.1) is 29.6 Å². The van der Waals surface area contributed by atoms with Crippen LogP contribution in [-0.4, -0.2) is 218 Å². The number of carbonyl (C=O) groups is 14. The Morgan fingerprint density at radius 3 is 1.64 bits per heavy atom. The van der Waals surface area contributed by atoms with E-state index in [-0.39, 0.29) is 75.0 Å². The number of cyclic esters (lactones) is 1. The molecule has 1 aliphatic rings. The molecule has 1 fully saturated rings. The molecule has 0 spiro atoms. The van der Waals surface area contributed by atoms with E-state index in [1.54, 1.807) is 71.9 Å². The number of hydrogen-bond acceptors (Lipinski definition) is 21. The third kappa shape index (κ3) is 32.6. The second kappa shape index (κ2) is 45.8. The maximum Gasteiger partial charge on any atom is 0.331 e. The molecule has 0 aromatic heterocycles. The molecule has 11 amide bonds. The summed E-state index contributed by atoms with van der Waals surface area (Å²) in [6.07, 6.45) is -8.13. The normalized spacial score (nSPS) is 22.7. The Labute approximate surface area is 591 Å². The van der Waals surface area contributed by atoms with Crippen LogP contribution in [0.3, 0.4) is 0 Å². The van der Waals surface area contributed by atoms with Crippen molar-refractivity contribution in [1.29, 1.82) is 0 Å². The van der Waals surface area contributed by atoms with Gasteiger partial charge in [0.2, 0.25) is 65.0 Å². The number of benzene rings is 2. The van der Waals surface area contributed by atoms with Gasteiger partial charge < -0.3 is 111 Å². The zero-order chi connectivity index (χ0) is 77.8. The summed E-state index contributed by atoms with van der Waals surface area (Å²) in [5.41, 5.74) is 23.3. The molecule has 0 radical (unpaired) electrons. The first-order chi connectivity index (χ1) is 47.7. The SMILES string of the molecule is CC(=O)O.CC(=O)O.CC[C@H](C)[C@@H]1NC(=O)[C@@H](CCCN=C(N)N)NC(=O)[C@H](CC(C)C)NC(=O)[C@H]([C@H](O)C(C)C)NC(=O)[C@@H](NC(=O)[C@H](CC(C)C)NC(=O)[C@H](CN)Cc2ccccc2)[C@@H](c2ccccc2)OC(=O)[C@H](CO)NC(=O)[C@H]([C@H](O)C(N)=O)NC(=O)CNC(=O)[C@H]([C@H](C)O)NC1=O. The molecule has 2 aromatic carbocycles. The number of nitrogens with one attached hydrogen (secondary N) is 10. The fourth-order valence-corrected chi connectivity index (χ4v) is 9.83. The van der Waals surface area contributed by atoms with Gasteiger partial charge in [-0.3, -0.25) is 67.3 Å². The average Bonchev–Trinajstić information content (AvgIpc) is 0.814. The number of nitrogens with zero attached hydrogens (tertiary/aromatic N) is 1. The van der Waals surface area contributed by atoms with E-state index in [2.05, 4.69) is 47.5 Å². The van der Waals surface area contributed by atoms with E-state index in [0.717, 1.165) is 26.3 Å². The summed E-state index contributed by atoms with van der Waals surface area (Å²) in [6, 6.07) is -0.805. The van der Waals surface area contributed by atoms with Crippen molar-refractivity contribution >= 4 is 88.8 Å². The second-order valence-electron chi connectivity index (χ2n) is 25.5. The van der Waals surface area contributed by atoms with Crippen LogP contribution in [0.1, 0.15) is 125 Å². The first kappa shape index (κ1) is 90.1. The van der Waals surface area contributed by atoms with Gasteiger partial charge in [0.05, 0.1) is 31.3 Å². The van der Waals surface area contributed by atoms with E-state index < -0.39 is 193 Å². The Hall–Kier alpha value is -9.91. The molecular weight excluding hydrogens is 1340 g/mol. The highest BCUT2D eigenvalue weighted by atomic mass is 16.5. The average molecular weight is 1440 g/mol. The predicted molar refractivity (Wildman–Crippen MR) is 368 cm³/mol. The number of carbonyl (C=O) groups excluding carboxylic acids is 12. The predicted octanol–water partition coefficient (Wildman–Crippen LogP) is -4.81. The van der Waals surface area contributed by atoms with Crippen LogP contribution < -0.4 is 76.1 Å². The lowest BCUT2D eigenvalue weighted by Crippen LogP contribution is -2.64. The van der Waals surface area contributed by atoms with Gasteiger partial charge in [-0.1, -0.05) is 122 Å². The molecule has 2 aromatic rings. The molecule has 1 heterocycles. The van der Waals surface area contributed by atoms with Crippen molar-refractivity contribution in [2.24, 2.45) is 57.5 Å². The van der Waals surface area contributed by atoms with Crippen LogP contribution in [0.2, 0.25) is 0 Å². The molecule has 24 N–H and O–H groups in total. The number of ether oxygens (including phenoxy) is 1. The van der Waals surface area contributed by atoms with E-state index in [1.807, 2.05) is 10.6 Å². The van der Waals surface area contributed by atoms with Crippen molar-refractivity contribution < 1.29 is 102 Å². The Morgan fingerprint density at radius 2 is 1.14 bits per heavy atom. The number of aliphatic hydroxyl groups excluding tert-OH is 4. The maximum atomic E-state index is 15.5. The van der Waals surface area contributed by atoms with Crippen LogP contribution in [0.25, 0.3) is 0 Å². The molecule has 0 aliphatic carbocycles. The summed E-state index contributed by atoms with van der Waals surface area (Å²) in [6.45, 7) is 13.7. The minimum Gasteiger partial charge on any atom is -0.481 e. The summed E-state index contributed by atoms with van der Waals surface area (Å²) in [5.74, 6) is -19.6. The van der Waals surface area contributed by atoms with Gasteiger partial charge in [-0.25, -0.2) is 4.79 Å². The van der Waals surface area contributed by atoms with Crippen LogP contribution in [0.15, 0.2) is 65.7 Å². The number of primary amides is 1. The minimum atomic E-state index is -2.58. The number of hydrogen-bond donors (Lipinski definition) is 20. The highest BCUT2D eigenvalue weighted by Crippen LogP contribution is 2.25. The molecule has 36 nitrogen and oxygen atoms in total. The Balaban J connectivity index is 0.00000615. The van der Waals surface area contributed by atoms with E-state index in [9.17, 15) is 68.4 Å². The van der Waals surface area contributed by atoms with Gasteiger partial charge in [-0.05, 0) is 73.8 Å². The fraction of sp³-hybridized carbons (Fsp3) is 0.591. The molecule has 1 aliphatic heterocycles. The second-order valence-corrected chi connectivity index (χ2v) is 25.5. The molecule has 0 saturated carbocycles. The molecule has 0 unspecified atom stereocenters. The van der Waals surface area contributed by atoms with Crippen LogP contribution in [0.5, 0.6) is 0 Å². The molecule has 0 bridgehead atoms. The third-order valence-electron chi connectivity index (χ3n) is 15.4. The Kier molecular flexibility index (Phi) is 40.4. The van der Waals surface area contributed by atoms with Gasteiger partial charge in [0, 0.05) is 26.9 Å². The minimum absolute atomic E-state index is 0.0435. The van der Waals surface area contributed by atoms with E-state index in [4.69, 9.17) is 47.5 Å². The number of aliphatic imine (C=N–C) groups is 1. The van der Waals surface area contributed by atoms with Gasteiger partial charge in [-0.15, -0.1) is 0 Å². The molecular formula is C66H105N15O21. The van der Waals surface area contributed by atoms with Gasteiger partial charge in [-0.2, -0.15) is 0 Å². The maximum absolute atomic E-state index is 15.5. The summed E-state index contributed by atoms with van der Waals surface area (Å²) < 4.78 is 5.96. The number of aliphatic hydroxyl groups is 4. The van der Waals surface area contributed by atoms with Gasteiger partial charge in [0.15, 0.2) is 24.2 Å². The summed E-state index contributed by atoms with van der Waals surface area (Å²) >= 11 is 0. The monoisotopic (exact) mass is 1440 g/mol. The fourth-order valence-electron chi connectivity index (χ4n) is 9.83. The Bertz CT molecular complexity index is 3120. The smallest absolute Gasteiger partial charge is 0.331 e. The molecule has 3 rings (SSSR count). The number of nitrogens with two attached hydrogens (primary N) is 4. The lowest BCUT2D eigenvalue weighted by molar-refractivity contribution is -0.159. The molecule has 1 saturated heterocycles. The number of aliphatic carboxylic acids is 2. The van der Waals surface area contributed by atoms with E-state index in [0.29, 0.717) is 0 Å². The highest BCUT2D eigenvalue weighted by molar-refractivity contribution is 6.00. The van der Waals surface area contributed by atoms with Crippen molar-refractivity contribution in [3.05, 3.63) is 71.8 Å². The van der Waals surface area contributed by atoms with Gasteiger partial charge >= 0.3 is 5.97 Å². The quantitative estimate of drug-likeness (QED) is 0.0203. The molecule has 15 atom stereocenters. The lowest BCUT2D eigenvalue weighted by atomic mass is 9.95. The van der Waals surface area contributed by atoms with Crippen LogP contribution in [0.4, 0.5) is 0 Å². The van der Waals surface area contributed by atoms with E-state index >= 15 is 9.59 Å². The van der Waals surface area contributed by atoms with Crippen LogP contribution >= 0.6 is 0 Å². The zero-order valence-corrected chi connectivity index (χ0v) is 59.3. The number of amides is 11. The molecule has 36 heteroatoms. The van der Waals surface area contributed by atoms with Crippen molar-refractivity contribution in [3.8, 4) is 0 Å². The highest BCUT2D eigenvalue weighted by Gasteiger charge is 2.44. The van der Waals surface area contributed by atoms with E-state index in [1.165, 1.54) is 44.2 Å². The van der Waals surface area contributed by atoms with Crippen molar-refractivity contribution in [1.82, 2.24) is 53.2 Å². The largest absolute Gasteiger partial charge is 0.481 e. The van der Waals surface area contributed by atoms with Crippen molar-refractivity contribution in [3.63, 3.8) is 0 Å². The topological polar surface area (TPSA) is 606 Å². The number of rotatable bonds is 24. The Morgan fingerprint density at radius 1 is 0.627 bits per heavy atom.